The minimum atomic E-state index is 0.349. The number of nitrogens with one attached hydrogen (secondary N) is 1. The van der Waals surface area contributed by atoms with Gasteiger partial charge in [0.15, 0.2) is 0 Å². The molecule has 0 atom stereocenters. The van der Waals surface area contributed by atoms with E-state index in [1.54, 1.807) is 18.3 Å². The van der Waals surface area contributed by atoms with Crippen molar-refractivity contribution in [3.05, 3.63) is 75.5 Å². The maximum atomic E-state index is 6.63. The van der Waals surface area contributed by atoms with Crippen LogP contribution in [0.4, 0.5) is 5.82 Å². The van der Waals surface area contributed by atoms with Crippen LogP contribution >= 0.6 is 34.8 Å². The largest absolute Gasteiger partial charge is 0.495 e. The van der Waals surface area contributed by atoms with Gasteiger partial charge >= 0.3 is 0 Å². The van der Waals surface area contributed by atoms with E-state index < -0.39 is 0 Å². The zero-order chi connectivity index (χ0) is 22.7. The van der Waals surface area contributed by atoms with Gasteiger partial charge in [0.1, 0.15) is 22.5 Å². The fraction of sp³-hybridized carbons (Fsp3) is 0.167. The normalized spacial score (nSPS) is 10.9. The van der Waals surface area contributed by atoms with Crippen molar-refractivity contribution >= 4 is 51.4 Å². The molecule has 0 aliphatic carbocycles. The van der Waals surface area contributed by atoms with Gasteiger partial charge in [-0.25, -0.2) is 9.97 Å². The van der Waals surface area contributed by atoms with Crippen LogP contribution in [0.5, 0.6) is 11.5 Å². The molecule has 2 aromatic carbocycles. The fourth-order valence-corrected chi connectivity index (χ4v) is 4.32. The number of halogens is 3. The highest BCUT2D eigenvalue weighted by molar-refractivity contribution is 6.41. The summed E-state index contributed by atoms with van der Waals surface area (Å²) in [6.07, 6.45) is 2.53. The van der Waals surface area contributed by atoms with Crippen LogP contribution in [-0.2, 0) is 6.42 Å². The van der Waals surface area contributed by atoms with Crippen molar-refractivity contribution in [3.8, 4) is 22.8 Å². The molecule has 0 bridgehead atoms. The number of hydrogen-bond acceptors (Lipinski definition) is 5. The van der Waals surface area contributed by atoms with Crippen LogP contribution in [0.1, 0.15) is 5.56 Å². The monoisotopic (exact) mass is 487 g/mol. The predicted octanol–water partition coefficient (Wildman–Crippen LogP) is 6.93. The SMILES string of the molecule is COc1cc(OC)c(Cl)c(-c2cc3cnc(Cl)cc3c(NCCc3ccccc3)n2)c1Cl. The topological polar surface area (TPSA) is 56.3 Å². The standard InChI is InChI=1S/C24H20Cl3N3O2/c1-31-18-12-19(32-2)23(27)21(22(18)26)17-10-15-13-29-20(25)11-16(15)24(30-17)28-9-8-14-6-4-3-5-7-14/h3-7,10-13H,8-9H2,1-2H3,(H,28,30). The van der Waals surface area contributed by atoms with Gasteiger partial charge in [-0.3, -0.25) is 0 Å². The van der Waals surface area contributed by atoms with Crippen molar-refractivity contribution in [1.29, 1.82) is 0 Å². The van der Waals surface area contributed by atoms with Crippen molar-refractivity contribution in [1.82, 2.24) is 9.97 Å². The third kappa shape index (κ3) is 4.56. The van der Waals surface area contributed by atoms with E-state index in [2.05, 4.69) is 22.4 Å². The van der Waals surface area contributed by atoms with E-state index >= 15 is 0 Å². The second-order valence-corrected chi connectivity index (χ2v) is 8.17. The molecule has 8 heteroatoms. The summed E-state index contributed by atoms with van der Waals surface area (Å²) in [6.45, 7) is 0.679. The molecular formula is C24H20Cl3N3O2. The molecule has 0 saturated carbocycles. The van der Waals surface area contributed by atoms with Gasteiger partial charge in [0.25, 0.3) is 0 Å². The summed E-state index contributed by atoms with van der Waals surface area (Å²) < 4.78 is 10.8. The Morgan fingerprint density at radius 3 is 2.25 bits per heavy atom. The number of hydrogen-bond donors (Lipinski definition) is 1. The number of ether oxygens (including phenoxy) is 2. The summed E-state index contributed by atoms with van der Waals surface area (Å²) in [6, 6.07) is 15.5. The Morgan fingerprint density at radius 2 is 1.59 bits per heavy atom. The van der Waals surface area contributed by atoms with E-state index in [-0.39, 0.29) is 0 Å². The Labute approximate surface area is 201 Å². The molecule has 2 heterocycles. The van der Waals surface area contributed by atoms with Crippen molar-refractivity contribution in [2.24, 2.45) is 0 Å². The van der Waals surface area contributed by atoms with Crippen LogP contribution < -0.4 is 14.8 Å². The summed E-state index contributed by atoms with van der Waals surface area (Å²) in [5.41, 5.74) is 2.31. The average molecular weight is 489 g/mol. The summed E-state index contributed by atoms with van der Waals surface area (Å²) >= 11 is 19.4. The van der Waals surface area contributed by atoms with Gasteiger partial charge < -0.3 is 14.8 Å². The van der Waals surface area contributed by atoms with Gasteiger partial charge in [-0.1, -0.05) is 65.1 Å². The molecule has 0 aliphatic heterocycles. The highest BCUT2D eigenvalue weighted by Crippen LogP contribution is 2.46. The van der Waals surface area contributed by atoms with Gasteiger partial charge in [0.05, 0.1) is 30.0 Å². The molecule has 5 nitrogen and oxygen atoms in total. The van der Waals surface area contributed by atoms with Gasteiger partial charge in [0.2, 0.25) is 0 Å². The number of methoxy groups -OCH3 is 2. The maximum Gasteiger partial charge on any atom is 0.141 e. The van der Waals surface area contributed by atoms with Crippen LogP contribution in [0.2, 0.25) is 15.2 Å². The third-order valence-corrected chi connectivity index (χ3v) is 6.02. The molecule has 0 unspecified atom stereocenters. The van der Waals surface area contributed by atoms with Crippen LogP contribution in [0.25, 0.3) is 22.0 Å². The molecule has 0 fully saturated rings. The Kier molecular flexibility index (Phi) is 6.89. The quantitative estimate of drug-likeness (QED) is 0.286. The molecule has 2 aromatic heterocycles. The zero-order valence-electron chi connectivity index (χ0n) is 17.5. The lowest BCUT2D eigenvalue weighted by Crippen LogP contribution is -2.07. The second-order valence-electron chi connectivity index (χ2n) is 7.03. The first-order valence-corrected chi connectivity index (χ1v) is 11.0. The van der Waals surface area contributed by atoms with Crippen molar-refractivity contribution in [2.45, 2.75) is 6.42 Å². The first kappa shape index (κ1) is 22.5. The summed E-state index contributed by atoms with van der Waals surface area (Å²) in [7, 11) is 3.07. The predicted molar refractivity (Wildman–Crippen MR) is 132 cm³/mol. The number of pyridine rings is 2. The lowest BCUT2D eigenvalue weighted by molar-refractivity contribution is 0.395. The van der Waals surface area contributed by atoms with Crippen molar-refractivity contribution < 1.29 is 9.47 Å². The van der Waals surface area contributed by atoms with Gasteiger partial charge in [-0.05, 0) is 24.1 Å². The van der Waals surface area contributed by atoms with Gasteiger partial charge in [-0.15, -0.1) is 0 Å². The fourth-order valence-electron chi connectivity index (χ4n) is 3.46. The molecule has 0 aliphatic rings. The van der Waals surface area contributed by atoms with E-state index in [9.17, 15) is 0 Å². The minimum Gasteiger partial charge on any atom is -0.495 e. The Bertz CT molecular complexity index is 1240. The summed E-state index contributed by atoms with van der Waals surface area (Å²) in [5, 5.41) is 6.20. The van der Waals surface area contributed by atoms with Crippen molar-refractivity contribution in [3.63, 3.8) is 0 Å². The van der Waals surface area contributed by atoms with E-state index in [1.165, 1.54) is 19.8 Å². The van der Waals surface area contributed by atoms with E-state index in [4.69, 9.17) is 49.3 Å². The molecule has 1 N–H and O–H groups in total. The molecule has 0 radical (unpaired) electrons. The smallest absolute Gasteiger partial charge is 0.141 e. The Balaban J connectivity index is 1.81. The number of benzene rings is 2. The molecule has 0 amide bonds. The number of aromatic nitrogens is 2. The zero-order valence-corrected chi connectivity index (χ0v) is 19.7. The van der Waals surface area contributed by atoms with Crippen LogP contribution in [0.3, 0.4) is 0 Å². The second kappa shape index (κ2) is 9.82. The number of rotatable bonds is 7. The van der Waals surface area contributed by atoms with E-state index in [0.717, 1.165) is 17.2 Å². The Hall–Kier alpha value is -2.73. The lowest BCUT2D eigenvalue weighted by Gasteiger charge is -2.16. The average Bonchev–Trinajstić information content (AvgIpc) is 2.80. The third-order valence-electron chi connectivity index (χ3n) is 5.06. The lowest BCUT2D eigenvalue weighted by atomic mass is 10.1. The molecule has 0 saturated heterocycles. The first-order chi connectivity index (χ1) is 15.5. The van der Waals surface area contributed by atoms with Gasteiger partial charge in [-0.2, -0.15) is 0 Å². The highest BCUT2D eigenvalue weighted by Gasteiger charge is 2.21. The molecule has 0 spiro atoms. The maximum absolute atomic E-state index is 6.63. The van der Waals surface area contributed by atoms with Crippen LogP contribution in [-0.4, -0.2) is 30.7 Å². The number of anilines is 1. The summed E-state index contributed by atoms with van der Waals surface area (Å²) in [5.74, 6) is 1.54. The molecular weight excluding hydrogens is 469 g/mol. The number of fused-ring (bicyclic) bond motifs is 1. The summed E-state index contributed by atoms with van der Waals surface area (Å²) in [4.78, 5) is 9.06. The van der Waals surface area contributed by atoms with E-state index in [0.29, 0.717) is 50.3 Å². The van der Waals surface area contributed by atoms with Crippen molar-refractivity contribution in [2.75, 3.05) is 26.1 Å². The molecule has 164 valence electrons. The number of nitrogens with zero attached hydrogens (tertiary/aromatic N) is 2. The molecule has 4 aromatic rings. The highest BCUT2D eigenvalue weighted by atomic mass is 35.5. The van der Waals surface area contributed by atoms with Gasteiger partial charge in [0, 0.05) is 35.1 Å². The van der Waals surface area contributed by atoms with Crippen LogP contribution in [0, 0.1) is 0 Å². The Morgan fingerprint density at radius 1 is 0.906 bits per heavy atom. The first-order valence-electron chi connectivity index (χ1n) is 9.86. The molecule has 4 rings (SSSR count). The minimum absolute atomic E-state index is 0.349. The van der Waals surface area contributed by atoms with Crippen LogP contribution in [0.15, 0.2) is 54.7 Å². The van der Waals surface area contributed by atoms with E-state index in [1.807, 2.05) is 24.3 Å². The molecule has 32 heavy (non-hydrogen) atoms.